The minimum absolute atomic E-state index is 0.184. The van der Waals surface area contributed by atoms with Gasteiger partial charge in [0, 0.05) is 16.5 Å². The lowest BCUT2D eigenvalue weighted by atomic mass is 9.82. The maximum absolute atomic E-state index is 7.02. The van der Waals surface area contributed by atoms with Crippen LogP contribution in [-0.4, -0.2) is 8.07 Å². The van der Waals surface area contributed by atoms with Crippen molar-refractivity contribution in [3.63, 3.8) is 0 Å². The van der Waals surface area contributed by atoms with E-state index in [1.165, 1.54) is 81.2 Å². The molecule has 2 nitrogen and oxygen atoms in total. The van der Waals surface area contributed by atoms with Crippen LogP contribution < -0.4 is 30.4 Å². The van der Waals surface area contributed by atoms with E-state index in [1.807, 2.05) is 0 Å². The Balaban J connectivity index is 0.980. The second kappa shape index (κ2) is 13.8. The summed E-state index contributed by atoms with van der Waals surface area (Å²) in [5.41, 5.74) is 13.4. The first-order valence-electron chi connectivity index (χ1n) is 23.1. The molecule has 0 aromatic heterocycles. The smallest absolute Gasteiger partial charge is 0.180 e. The molecule has 11 aromatic carbocycles. The van der Waals surface area contributed by atoms with Crippen LogP contribution in [0.25, 0.3) is 65.7 Å². The van der Waals surface area contributed by atoms with Gasteiger partial charge in [0.1, 0.15) is 0 Å². The van der Waals surface area contributed by atoms with Crippen molar-refractivity contribution < 1.29 is 4.74 Å². The average molecular weight is 858 g/mol. The molecular weight excluding hydrogens is 815 g/mol. The molecule has 66 heavy (non-hydrogen) atoms. The first kappa shape index (κ1) is 37.4. The van der Waals surface area contributed by atoms with Crippen molar-refractivity contribution in [2.24, 2.45) is 0 Å². The maximum atomic E-state index is 7.02. The zero-order valence-electron chi connectivity index (χ0n) is 36.7. The van der Waals surface area contributed by atoms with Gasteiger partial charge in [0.25, 0.3) is 0 Å². The van der Waals surface area contributed by atoms with E-state index in [1.54, 1.807) is 0 Å². The number of rotatable bonds is 4. The Morgan fingerprint density at radius 2 is 0.985 bits per heavy atom. The van der Waals surface area contributed by atoms with Crippen LogP contribution in [0.4, 0.5) is 17.1 Å². The molecular formula is C63H43NOSi. The van der Waals surface area contributed by atoms with Crippen molar-refractivity contribution in [2.75, 3.05) is 4.90 Å². The molecule has 2 aliphatic heterocycles. The summed E-state index contributed by atoms with van der Waals surface area (Å²) in [4.78, 5) is 2.44. The molecule has 0 spiro atoms. The van der Waals surface area contributed by atoms with Crippen LogP contribution in [0.15, 0.2) is 224 Å². The Morgan fingerprint density at radius 3 is 1.71 bits per heavy atom. The highest BCUT2D eigenvalue weighted by Crippen LogP contribution is 2.57. The third kappa shape index (κ3) is 5.06. The van der Waals surface area contributed by atoms with Gasteiger partial charge in [-0.1, -0.05) is 202 Å². The fraction of sp³-hybridized carbons (Fsp3) is 0.0476. The van der Waals surface area contributed by atoms with E-state index >= 15 is 0 Å². The van der Waals surface area contributed by atoms with Crippen molar-refractivity contribution in [2.45, 2.75) is 19.3 Å². The van der Waals surface area contributed by atoms with Crippen molar-refractivity contribution in [3.8, 4) is 44.9 Å². The van der Waals surface area contributed by atoms with Crippen molar-refractivity contribution in [3.05, 3.63) is 236 Å². The molecule has 11 aromatic rings. The fourth-order valence-corrected chi connectivity index (χ4v) is 17.2. The highest BCUT2D eigenvalue weighted by Gasteiger charge is 2.49. The van der Waals surface area contributed by atoms with Crippen LogP contribution in [0.5, 0.6) is 11.5 Å². The normalized spacial score (nSPS) is 14.5. The third-order valence-electron chi connectivity index (χ3n) is 15.1. The Bertz CT molecular complexity index is 3790. The van der Waals surface area contributed by atoms with Crippen LogP contribution in [0.2, 0.25) is 0 Å². The summed E-state index contributed by atoms with van der Waals surface area (Å²) in [5.74, 6) is 1.72. The molecule has 0 N–H and O–H groups in total. The summed E-state index contributed by atoms with van der Waals surface area (Å²) in [5, 5.41) is 13.1. The van der Waals surface area contributed by atoms with Gasteiger partial charge >= 0.3 is 0 Å². The van der Waals surface area contributed by atoms with Crippen molar-refractivity contribution in [1.82, 2.24) is 0 Å². The first-order chi connectivity index (χ1) is 32.5. The highest BCUT2D eigenvalue weighted by molar-refractivity contribution is 7.22. The van der Waals surface area contributed by atoms with Crippen LogP contribution in [-0.2, 0) is 5.41 Å². The molecule has 310 valence electrons. The van der Waals surface area contributed by atoms with Gasteiger partial charge in [0.2, 0.25) is 0 Å². The summed E-state index contributed by atoms with van der Waals surface area (Å²) < 4.78 is 7.02. The van der Waals surface area contributed by atoms with Gasteiger partial charge in [-0.05, 0) is 129 Å². The number of fused-ring (bicyclic) bond motifs is 14. The van der Waals surface area contributed by atoms with Crippen molar-refractivity contribution >= 4 is 78.2 Å². The number of ether oxygens (including phenoxy) is 1. The Labute approximate surface area is 385 Å². The quantitative estimate of drug-likeness (QED) is 0.164. The van der Waals surface area contributed by atoms with E-state index in [4.69, 9.17) is 4.74 Å². The molecule has 0 unspecified atom stereocenters. The van der Waals surface area contributed by atoms with Crippen LogP contribution in [0.1, 0.15) is 25.0 Å². The van der Waals surface area contributed by atoms with Gasteiger partial charge < -0.3 is 9.64 Å². The lowest BCUT2D eigenvalue weighted by molar-refractivity contribution is 0.482. The lowest BCUT2D eigenvalue weighted by Crippen LogP contribution is -2.72. The molecule has 1 aliphatic carbocycles. The SMILES string of the molecule is CC1(C)c2cc(N3c4cc(-c5ccc6c(c5)-c5c(ccc7ccccc57)[Si]6(c5ccccc5)c5ccccc5)ccc4Oc4c3ccc3ccccc43)ccc2-c2c1ccc1ccccc21. The van der Waals surface area contributed by atoms with E-state index in [0.717, 1.165) is 44.9 Å². The molecule has 0 bridgehead atoms. The predicted molar refractivity (Wildman–Crippen MR) is 279 cm³/mol. The van der Waals surface area contributed by atoms with Gasteiger partial charge in [0.15, 0.2) is 19.6 Å². The largest absolute Gasteiger partial charge is 0.452 e. The standard InChI is InChI=1S/C63H43NOSi/c1-63(2)53-32-25-40-15-9-12-22-48(40)60(53)51-31-30-45(39-54(51)63)64-55-33-26-42-17-11-14-24-50(42)62(55)65-57-34-27-44(38-56(57)64)43-29-35-58-52(37-43)61-49-23-13-10-16-41(49)28-36-59(61)66(58,46-18-5-3-6-19-46)47-20-7-4-8-21-47/h3-39H,1-2H3. The number of hydrogen-bond acceptors (Lipinski definition) is 2. The van der Waals surface area contributed by atoms with Gasteiger partial charge in [-0.2, -0.15) is 0 Å². The molecule has 0 saturated carbocycles. The fourth-order valence-electron chi connectivity index (χ4n) is 12.1. The van der Waals surface area contributed by atoms with Crippen LogP contribution >= 0.6 is 0 Å². The number of hydrogen-bond donors (Lipinski definition) is 0. The van der Waals surface area contributed by atoms with Crippen LogP contribution in [0.3, 0.4) is 0 Å². The highest BCUT2D eigenvalue weighted by atomic mass is 28.3. The first-order valence-corrected chi connectivity index (χ1v) is 25.1. The predicted octanol–water partition coefficient (Wildman–Crippen LogP) is 14.1. The van der Waals surface area contributed by atoms with E-state index in [9.17, 15) is 0 Å². The molecule has 3 aliphatic rings. The van der Waals surface area contributed by atoms with E-state index < -0.39 is 8.07 Å². The summed E-state index contributed by atoms with van der Waals surface area (Å²) in [6.07, 6.45) is 0. The average Bonchev–Trinajstić information content (AvgIpc) is 3.81. The monoisotopic (exact) mass is 857 g/mol. The summed E-state index contributed by atoms with van der Waals surface area (Å²) in [7, 11) is -2.70. The minimum atomic E-state index is -2.70. The molecule has 2 heterocycles. The number of benzene rings is 11. The molecule has 0 saturated heterocycles. The Kier molecular flexibility index (Phi) is 7.80. The summed E-state index contributed by atoms with van der Waals surface area (Å²) in [6.45, 7) is 4.76. The van der Waals surface area contributed by atoms with Gasteiger partial charge in [-0.25, -0.2) is 0 Å². The summed E-state index contributed by atoms with van der Waals surface area (Å²) >= 11 is 0. The second-order valence-corrected chi connectivity index (χ2v) is 22.5. The molecule has 0 radical (unpaired) electrons. The summed E-state index contributed by atoms with van der Waals surface area (Å²) in [6, 6.07) is 84.0. The molecule has 0 fully saturated rings. The zero-order chi connectivity index (χ0) is 43.7. The molecule has 14 rings (SSSR count). The minimum Gasteiger partial charge on any atom is -0.452 e. The van der Waals surface area contributed by atoms with Gasteiger partial charge in [-0.15, -0.1) is 0 Å². The van der Waals surface area contributed by atoms with Gasteiger partial charge in [0.05, 0.1) is 11.4 Å². The number of nitrogens with zero attached hydrogens (tertiary/aromatic N) is 1. The number of anilines is 3. The maximum Gasteiger partial charge on any atom is 0.180 e. The topological polar surface area (TPSA) is 12.5 Å². The second-order valence-electron chi connectivity index (χ2n) is 18.8. The lowest BCUT2D eigenvalue weighted by Gasteiger charge is -2.34. The zero-order valence-corrected chi connectivity index (χ0v) is 37.7. The Morgan fingerprint density at radius 1 is 0.409 bits per heavy atom. The Hall–Kier alpha value is -7.98. The molecule has 0 atom stereocenters. The van der Waals surface area contributed by atoms with Gasteiger partial charge in [-0.3, -0.25) is 0 Å². The van der Waals surface area contributed by atoms with Crippen molar-refractivity contribution in [1.29, 1.82) is 0 Å². The van der Waals surface area contributed by atoms with E-state index in [0.29, 0.717) is 0 Å². The van der Waals surface area contributed by atoms with E-state index in [2.05, 4.69) is 243 Å². The van der Waals surface area contributed by atoms with E-state index in [-0.39, 0.29) is 5.41 Å². The molecule has 0 amide bonds. The third-order valence-corrected chi connectivity index (χ3v) is 20.0. The molecule has 3 heteroatoms. The van der Waals surface area contributed by atoms with Crippen LogP contribution in [0, 0.1) is 0 Å².